The fourth-order valence-corrected chi connectivity index (χ4v) is 2.06. The first kappa shape index (κ1) is 11.8. The average molecular weight is 226 g/mol. The van der Waals surface area contributed by atoms with E-state index in [9.17, 15) is 0 Å². The van der Waals surface area contributed by atoms with Crippen molar-refractivity contribution in [1.29, 1.82) is 0 Å². The van der Waals surface area contributed by atoms with Crippen LogP contribution in [0.25, 0.3) is 11.1 Å². The van der Waals surface area contributed by atoms with Crippen LogP contribution in [0.4, 0.5) is 0 Å². The minimum absolute atomic E-state index is 0.804. The second-order valence-electron chi connectivity index (χ2n) is 4.38. The Hall–Kier alpha value is -1.67. The molecule has 0 bridgehead atoms. The molecule has 0 saturated carbocycles. The van der Waals surface area contributed by atoms with Gasteiger partial charge in [0.1, 0.15) is 0 Å². The predicted molar refractivity (Wildman–Crippen MR) is 71.9 cm³/mol. The van der Waals surface area contributed by atoms with Crippen LogP contribution >= 0.6 is 0 Å². The van der Waals surface area contributed by atoms with Crippen molar-refractivity contribution in [2.45, 2.75) is 20.4 Å². The molecule has 0 saturated heterocycles. The highest BCUT2D eigenvalue weighted by Gasteiger charge is 2.03. The minimum atomic E-state index is 0.804. The highest BCUT2D eigenvalue weighted by atomic mass is 14.8. The van der Waals surface area contributed by atoms with Gasteiger partial charge in [0, 0.05) is 12.7 Å². The highest BCUT2D eigenvalue weighted by Crippen LogP contribution is 2.24. The van der Waals surface area contributed by atoms with Gasteiger partial charge >= 0.3 is 0 Å². The van der Waals surface area contributed by atoms with Crippen LogP contribution in [0.15, 0.2) is 36.5 Å². The van der Waals surface area contributed by atoms with Crippen LogP contribution in [0.1, 0.15) is 16.8 Å². The Morgan fingerprint density at radius 1 is 1.12 bits per heavy atom. The lowest BCUT2D eigenvalue weighted by atomic mass is 9.99. The predicted octanol–water partition coefficient (Wildman–Crippen LogP) is 3.08. The van der Waals surface area contributed by atoms with Crippen LogP contribution < -0.4 is 5.32 Å². The number of rotatable bonds is 3. The molecule has 2 heteroatoms. The first-order valence-electron chi connectivity index (χ1n) is 5.88. The van der Waals surface area contributed by atoms with Gasteiger partial charge in [0.25, 0.3) is 0 Å². The van der Waals surface area contributed by atoms with E-state index in [0.717, 1.165) is 12.2 Å². The molecule has 0 amide bonds. The molecule has 0 unspecified atom stereocenters. The summed E-state index contributed by atoms with van der Waals surface area (Å²) in [4.78, 5) is 4.34. The molecule has 2 aromatic rings. The Balaban J connectivity index is 2.42. The highest BCUT2D eigenvalue weighted by molar-refractivity contribution is 5.67. The van der Waals surface area contributed by atoms with Gasteiger partial charge in [-0.15, -0.1) is 0 Å². The molecule has 0 aliphatic rings. The smallest absolute Gasteiger partial charge is 0.0547 e. The minimum Gasteiger partial charge on any atom is -0.314 e. The van der Waals surface area contributed by atoms with Crippen LogP contribution in [0, 0.1) is 13.8 Å². The van der Waals surface area contributed by atoms with E-state index >= 15 is 0 Å². The Bertz CT molecular complexity index is 518. The number of benzene rings is 1. The van der Waals surface area contributed by atoms with Gasteiger partial charge < -0.3 is 5.32 Å². The topological polar surface area (TPSA) is 24.9 Å². The summed E-state index contributed by atoms with van der Waals surface area (Å²) in [7, 11) is 1.94. The van der Waals surface area contributed by atoms with Crippen LogP contribution in [0.3, 0.4) is 0 Å². The largest absolute Gasteiger partial charge is 0.314 e. The van der Waals surface area contributed by atoms with Crippen molar-refractivity contribution < 1.29 is 0 Å². The molecule has 0 radical (unpaired) electrons. The summed E-state index contributed by atoms with van der Waals surface area (Å²) in [6, 6.07) is 10.8. The molecule has 0 aliphatic heterocycles. The van der Waals surface area contributed by atoms with E-state index in [0.29, 0.717) is 0 Å². The zero-order valence-electron chi connectivity index (χ0n) is 10.6. The first-order valence-corrected chi connectivity index (χ1v) is 5.88. The van der Waals surface area contributed by atoms with E-state index in [4.69, 9.17) is 0 Å². The van der Waals surface area contributed by atoms with E-state index in [1.807, 2.05) is 13.2 Å². The Kier molecular flexibility index (Phi) is 3.55. The molecule has 0 spiro atoms. The lowest BCUT2D eigenvalue weighted by Gasteiger charge is -2.08. The molecule has 1 N–H and O–H groups in total. The van der Waals surface area contributed by atoms with E-state index in [1.165, 1.54) is 22.3 Å². The van der Waals surface area contributed by atoms with Crippen molar-refractivity contribution in [3.8, 4) is 11.1 Å². The molecular weight excluding hydrogens is 208 g/mol. The van der Waals surface area contributed by atoms with Crippen LogP contribution in [0.2, 0.25) is 0 Å². The Morgan fingerprint density at radius 2 is 1.94 bits per heavy atom. The summed E-state index contributed by atoms with van der Waals surface area (Å²) >= 11 is 0. The molecule has 0 fully saturated rings. The summed E-state index contributed by atoms with van der Waals surface area (Å²) < 4.78 is 0. The SMILES string of the molecule is CNCc1cc(-c2ccc(C)cc2C)ccn1. The quantitative estimate of drug-likeness (QED) is 0.870. The maximum Gasteiger partial charge on any atom is 0.0547 e. The third-order valence-electron chi connectivity index (χ3n) is 2.87. The van der Waals surface area contributed by atoms with Gasteiger partial charge in [-0.3, -0.25) is 4.98 Å². The second kappa shape index (κ2) is 5.11. The fourth-order valence-electron chi connectivity index (χ4n) is 2.06. The zero-order chi connectivity index (χ0) is 12.3. The van der Waals surface area contributed by atoms with Gasteiger partial charge in [-0.2, -0.15) is 0 Å². The van der Waals surface area contributed by atoms with Gasteiger partial charge in [-0.25, -0.2) is 0 Å². The average Bonchev–Trinajstić information content (AvgIpc) is 2.29. The maximum absolute atomic E-state index is 4.34. The van der Waals surface area contributed by atoms with Crippen LogP contribution in [0.5, 0.6) is 0 Å². The molecule has 17 heavy (non-hydrogen) atoms. The van der Waals surface area contributed by atoms with E-state index in [1.54, 1.807) is 0 Å². The number of nitrogens with one attached hydrogen (secondary N) is 1. The lowest BCUT2D eigenvalue weighted by Crippen LogP contribution is -2.06. The Labute approximate surface area is 103 Å². The number of aryl methyl sites for hydroxylation is 2. The molecule has 2 rings (SSSR count). The van der Waals surface area contributed by atoms with Crippen molar-refractivity contribution in [3.63, 3.8) is 0 Å². The lowest BCUT2D eigenvalue weighted by molar-refractivity contribution is 0.791. The summed E-state index contributed by atoms with van der Waals surface area (Å²) in [6.45, 7) is 5.08. The van der Waals surface area contributed by atoms with E-state index in [2.05, 4.69) is 54.5 Å². The number of nitrogens with zero attached hydrogens (tertiary/aromatic N) is 1. The third kappa shape index (κ3) is 2.71. The number of hydrogen-bond donors (Lipinski definition) is 1. The summed E-state index contributed by atoms with van der Waals surface area (Å²) in [6.07, 6.45) is 1.88. The normalized spacial score (nSPS) is 10.5. The van der Waals surface area contributed by atoms with Gasteiger partial charge in [0.05, 0.1) is 5.69 Å². The number of aromatic nitrogens is 1. The molecule has 2 nitrogen and oxygen atoms in total. The van der Waals surface area contributed by atoms with Crippen molar-refractivity contribution >= 4 is 0 Å². The standard InChI is InChI=1S/C15H18N2/c1-11-4-5-15(12(2)8-11)13-6-7-17-14(9-13)10-16-3/h4-9,16H,10H2,1-3H3. The summed E-state index contributed by atoms with van der Waals surface area (Å²) in [5.41, 5.74) is 6.21. The van der Waals surface area contributed by atoms with Crippen molar-refractivity contribution in [2.24, 2.45) is 0 Å². The molecule has 1 aromatic carbocycles. The fraction of sp³-hybridized carbons (Fsp3) is 0.267. The van der Waals surface area contributed by atoms with E-state index < -0.39 is 0 Å². The van der Waals surface area contributed by atoms with Crippen molar-refractivity contribution in [2.75, 3.05) is 7.05 Å². The first-order chi connectivity index (χ1) is 8.20. The Morgan fingerprint density at radius 3 is 2.65 bits per heavy atom. The van der Waals surface area contributed by atoms with Crippen LogP contribution in [-0.4, -0.2) is 12.0 Å². The maximum atomic E-state index is 4.34. The molecule has 1 heterocycles. The summed E-state index contributed by atoms with van der Waals surface area (Å²) in [5, 5.41) is 3.12. The number of hydrogen-bond acceptors (Lipinski definition) is 2. The van der Waals surface area contributed by atoms with Crippen molar-refractivity contribution in [1.82, 2.24) is 10.3 Å². The third-order valence-corrected chi connectivity index (χ3v) is 2.87. The second-order valence-corrected chi connectivity index (χ2v) is 4.38. The zero-order valence-corrected chi connectivity index (χ0v) is 10.6. The van der Waals surface area contributed by atoms with Crippen molar-refractivity contribution in [3.05, 3.63) is 53.3 Å². The monoisotopic (exact) mass is 226 g/mol. The summed E-state index contributed by atoms with van der Waals surface area (Å²) in [5.74, 6) is 0. The van der Waals surface area contributed by atoms with Gasteiger partial charge in [0.2, 0.25) is 0 Å². The molecular formula is C15H18N2. The molecule has 0 atom stereocenters. The van der Waals surface area contributed by atoms with E-state index in [-0.39, 0.29) is 0 Å². The number of pyridine rings is 1. The van der Waals surface area contributed by atoms with Gasteiger partial charge in [-0.05, 0) is 49.7 Å². The van der Waals surface area contributed by atoms with Gasteiger partial charge in [-0.1, -0.05) is 23.8 Å². The molecule has 0 aliphatic carbocycles. The molecule has 88 valence electrons. The molecule has 1 aromatic heterocycles. The van der Waals surface area contributed by atoms with Gasteiger partial charge in [0.15, 0.2) is 0 Å². The van der Waals surface area contributed by atoms with Crippen LogP contribution in [-0.2, 0) is 6.54 Å².